The van der Waals surface area contributed by atoms with Crippen LogP contribution < -0.4 is 4.72 Å². The second-order valence-electron chi connectivity index (χ2n) is 2.53. The van der Waals surface area contributed by atoms with E-state index in [-0.39, 0.29) is 0 Å². The Hall–Kier alpha value is -2.27. The summed E-state index contributed by atoms with van der Waals surface area (Å²) in [6.07, 6.45) is 0. The zero-order valence-electron chi connectivity index (χ0n) is 7.70. The maximum Gasteiger partial charge on any atom is 0.516 e. The van der Waals surface area contributed by atoms with Crippen molar-refractivity contribution in [2.45, 2.75) is 5.51 Å². The first-order valence-corrected chi connectivity index (χ1v) is 5.13. The summed E-state index contributed by atoms with van der Waals surface area (Å²) in [6, 6.07) is 0. The van der Waals surface area contributed by atoms with Gasteiger partial charge in [0.1, 0.15) is 0 Å². The van der Waals surface area contributed by atoms with Gasteiger partial charge in [0.2, 0.25) is 0 Å². The molecule has 1 heterocycles. The molecule has 0 saturated heterocycles. The Morgan fingerprint density at radius 3 is 2.24 bits per heavy atom. The third-order valence-electron chi connectivity index (χ3n) is 1.42. The summed E-state index contributed by atoms with van der Waals surface area (Å²) >= 11 is 0. The van der Waals surface area contributed by atoms with Gasteiger partial charge in [-0.05, 0) is 0 Å². The molecular formula is C6H2F3N5O2S. The predicted octanol–water partition coefficient (Wildman–Crippen LogP) is 1.77. The van der Waals surface area contributed by atoms with E-state index < -0.39 is 33.1 Å². The first kappa shape index (κ1) is 12.8. The lowest BCUT2D eigenvalue weighted by molar-refractivity contribution is -0.0429. The molecule has 0 spiro atoms. The number of H-pyrrole nitrogens is 1. The molecule has 0 radical (unpaired) electrons. The first-order valence-electron chi connectivity index (χ1n) is 3.65. The minimum absolute atomic E-state index is 0.445. The van der Waals surface area contributed by atoms with Crippen molar-refractivity contribution in [1.82, 2.24) is 9.97 Å². The number of sulfonamides is 1. The molecule has 0 aliphatic carbocycles. The van der Waals surface area contributed by atoms with Crippen LogP contribution in [0, 0.1) is 13.1 Å². The van der Waals surface area contributed by atoms with E-state index in [0.717, 1.165) is 4.72 Å². The number of hydrogen-bond donors (Lipinski definition) is 2. The van der Waals surface area contributed by atoms with Crippen LogP contribution in [0.4, 0.5) is 30.8 Å². The van der Waals surface area contributed by atoms with Crippen molar-refractivity contribution < 1.29 is 21.6 Å². The third-order valence-corrected chi connectivity index (χ3v) is 2.49. The summed E-state index contributed by atoms with van der Waals surface area (Å²) in [5.74, 6) is -1.79. The van der Waals surface area contributed by atoms with Crippen LogP contribution in [0.2, 0.25) is 0 Å². The van der Waals surface area contributed by atoms with E-state index in [1.807, 2.05) is 4.98 Å². The molecule has 2 N–H and O–H groups in total. The average molecular weight is 265 g/mol. The summed E-state index contributed by atoms with van der Waals surface area (Å²) in [5.41, 5.74) is -5.50. The van der Waals surface area contributed by atoms with Gasteiger partial charge in [0, 0.05) is 0 Å². The van der Waals surface area contributed by atoms with E-state index in [4.69, 9.17) is 13.1 Å². The highest BCUT2D eigenvalue weighted by Gasteiger charge is 2.47. The van der Waals surface area contributed by atoms with E-state index in [1.54, 1.807) is 0 Å². The standard InChI is InChI=1S/C6H2F3N5O2S/c1-10-3-4(11-2)13-5(12-3)14-17(15,16)6(7,8)9/h(H2,12,13,14). The monoisotopic (exact) mass is 265 g/mol. The zero-order valence-corrected chi connectivity index (χ0v) is 8.52. The van der Waals surface area contributed by atoms with Gasteiger partial charge >= 0.3 is 21.5 Å². The first-order chi connectivity index (χ1) is 7.71. The Labute approximate surface area is 93.0 Å². The fraction of sp³-hybridized carbons (Fsp3) is 0.167. The largest absolute Gasteiger partial charge is 0.516 e. The molecular weight excluding hydrogens is 263 g/mol. The van der Waals surface area contributed by atoms with Crippen LogP contribution in [0.15, 0.2) is 0 Å². The molecule has 7 nitrogen and oxygen atoms in total. The summed E-state index contributed by atoms with van der Waals surface area (Å²) in [5, 5.41) is 0. The van der Waals surface area contributed by atoms with Gasteiger partial charge in [-0.15, -0.1) is 0 Å². The predicted molar refractivity (Wildman–Crippen MR) is 49.7 cm³/mol. The number of halogens is 3. The number of aromatic nitrogens is 2. The molecule has 0 fully saturated rings. The lowest BCUT2D eigenvalue weighted by atomic mass is 10.7. The Morgan fingerprint density at radius 1 is 1.29 bits per heavy atom. The van der Waals surface area contributed by atoms with Gasteiger partial charge in [-0.25, -0.2) is 4.72 Å². The number of hydrogen-bond acceptors (Lipinski definition) is 3. The summed E-state index contributed by atoms with van der Waals surface area (Å²) < 4.78 is 58.3. The number of alkyl halides is 3. The third kappa shape index (κ3) is 2.46. The Bertz CT molecular complexity index is 586. The lowest BCUT2D eigenvalue weighted by Gasteiger charge is -2.05. The number of nitrogens with one attached hydrogen (secondary N) is 2. The molecule has 17 heavy (non-hydrogen) atoms. The number of nitrogens with zero attached hydrogens (tertiary/aromatic N) is 3. The van der Waals surface area contributed by atoms with Crippen molar-refractivity contribution in [2.75, 3.05) is 4.72 Å². The molecule has 0 amide bonds. The maximum atomic E-state index is 12.0. The Kier molecular flexibility index (Phi) is 2.97. The summed E-state index contributed by atoms with van der Waals surface area (Å²) in [4.78, 5) is 10.6. The van der Waals surface area contributed by atoms with Crippen molar-refractivity contribution in [3.05, 3.63) is 22.8 Å². The fourth-order valence-electron chi connectivity index (χ4n) is 0.744. The van der Waals surface area contributed by atoms with Gasteiger partial charge in [-0.3, -0.25) is 4.98 Å². The molecule has 0 aliphatic heterocycles. The number of aromatic amines is 1. The highest BCUT2D eigenvalue weighted by Crippen LogP contribution is 2.29. The van der Waals surface area contributed by atoms with Crippen LogP contribution in [0.25, 0.3) is 9.69 Å². The molecule has 0 unspecified atom stereocenters. The van der Waals surface area contributed by atoms with Crippen molar-refractivity contribution in [3.8, 4) is 0 Å². The van der Waals surface area contributed by atoms with E-state index in [0.29, 0.717) is 0 Å². The second kappa shape index (κ2) is 3.95. The quantitative estimate of drug-likeness (QED) is 0.799. The van der Waals surface area contributed by atoms with Crippen LogP contribution in [0.5, 0.6) is 0 Å². The van der Waals surface area contributed by atoms with Gasteiger partial charge in [-0.1, -0.05) is 18.1 Å². The van der Waals surface area contributed by atoms with E-state index in [2.05, 4.69) is 14.7 Å². The van der Waals surface area contributed by atoms with Crippen LogP contribution >= 0.6 is 0 Å². The molecule has 1 rings (SSSR count). The molecule has 0 aliphatic rings. The number of imidazole rings is 1. The van der Waals surface area contributed by atoms with Crippen molar-refractivity contribution in [3.63, 3.8) is 0 Å². The Balaban J connectivity index is 3.12. The Morgan fingerprint density at radius 2 is 1.88 bits per heavy atom. The van der Waals surface area contributed by atoms with Gasteiger partial charge < -0.3 is 9.69 Å². The second-order valence-corrected chi connectivity index (χ2v) is 4.21. The molecule has 0 atom stereocenters. The van der Waals surface area contributed by atoms with Gasteiger partial charge in [-0.2, -0.15) is 21.6 Å². The van der Waals surface area contributed by atoms with Crippen molar-refractivity contribution in [2.24, 2.45) is 0 Å². The molecule has 0 saturated carbocycles. The molecule has 0 bridgehead atoms. The minimum Gasteiger partial charge on any atom is -0.373 e. The van der Waals surface area contributed by atoms with Crippen molar-refractivity contribution >= 4 is 27.6 Å². The van der Waals surface area contributed by atoms with E-state index >= 15 is 0 Å². The molecule has 11 heteroatoms. The van der Waals surface area contributed by atoms with Crippen LogP contribution in [-0.2, 0) is 10.0 Å². The van der Waals surface area contributed by atoms with E-state index in [9.17, 15) is 21.6 Å². The van der Waals surface area contributed by atoms with Crippen LogP contribution in [0.3, 0.4) is 0 Å². The van der Waals surface area contributed by atoms with Crippen LogP contribution in [-0.4, -0.2) is 23.9 Å². The molecule has 1 aromatic rings. The maximum absolute atomic E-state index is 12.0. The number of anilines is 1. The fourth-order valence-corrected chi connectivity index (χ4v) is 1.21. The zero-order chi connectivity index (χ0) is 13.3. The van der Waals surface area contributed by atoms with Gasteiger partial charge in [0.15, 0.2) is 0 Å². The topological polar surface area (TPSA) is 83.6 Å². The van der Waals surface area contributed by atoms with E-state index in [1.165, 1.54) is 0 Å². The summed E-state index contributed by atoms with van der Waals surface area (Å²) in [7, 11) is -5.62. The summed E-state index contributed by atoms with van der Waals surface area (Å²) in [6.45, 7) is 13.1. The van der Waals surface area contributed by atoms with Gasteiger partial charge in [0.25, 0.3) is 11.6 Å². The normalized spacial score (nSPS) is 11.6. The van der Waals surface area contributed by atoms with Crippen molar-refractivity contribution in [1.29, 1.82) is 0 Å². The number of rotatable bonds is 2. The minimum atomic E-state index is -5.62. The molecule has 1 aromatic heterocycles. The lowest BCUT2D eigenvalue weighted by Crippen LogP contribution is -2.30. The SMILES string of the molecule is [C-]#[N+]c1nc(NS(=O)(=O)C(F)(F)F)[nH]c1[N+]#[C-]. The van der Waals surface area contributed by atoms with Gasteiger partial charge in [0.05, 0.1) is 0 Å². The van der Waals surface area contributed by atoms with Crippen LogP contribution in [0.1, 0.15) is 0 Å². The smallest absolute Gasteiger partial charge is 0.373 e. The highest BCUT2D eigenvalue weighted by molar-refractivity contribution is 7.93. The molecule has 0 aromatic carbocycles. The molecule has 90 valence electrons. The highest BCUT2D eigenvalue weighted by atomic mass is 32.2. The average Bonchev–Trinajstić information content (AvgIpc) is 2.57.